The van der Waals surface area contributed by atoms with Crippen molar-refractivity contribution in [2.75, 3.05) is 51.2 Å². The molecular weight excluding hydrogens is 378 g/mol. The molecule has 1 aromatic heterocycles. The third kappa shape index (κ3) is 4.31. The number of aromatic nitrogens is 1. The summed E-state index contributed by atoms with van der Waals surface area (Å²) >= 11 is 0. The summed E-state index contributed by atoms with van der Waals surface area (Å²) in [5.74, 6) is 0.0418. The number of nitrogens with zero attached hydrogens (tertiary/aromatic N) is 4. The molecule has 2 amide bonds. The molecule has 1 aromatic carbocycles. The highest BCUT2D eigenvalue weighted by atomic mass is 16.2. The Labute approximate surface area is 177 Å². The minimum absolute atomic E-state index is 0.180. The van der Waals surface area contributed by atoms with E-state index in [-0.39, 0.29) is 5.92 Å². The largest absolute Gasteiger partial charge is 0.367 e. The molecule has 2 aromatic rings. The van der Waals surface area contributed by atoms with Crippen LogP contribution in [-0.2, 0) is 4.79 Å². The molecule has 30 heavy (non-hydrogen) atoms. The van der Waals surface area contributed by atoms with Crippen LogP contribution in [0.15, 0.2) is 42.6 Å². The van der Waals surface area contributed by atoms with Gasteiger partial charge < -0.3 is 20.4 Å². The first-order valence-corrected chi connectivity index (χ1v) is 10.6. The predicted octanol–water partition coefficient (Wildman–Crippen LogP) is 1.84. The second kappa shape index (κ2) is 8.83. The van der Waals surface area contributed by atoms with Crippen LogP contribution in [-0.4, -0.2) is 72.9 Å². The molecular formula is C23H29N5O2. The Morgan fingerprint density at radius 3 is 2.30 bits per heavy atom. The Bertz CT molecular complexity index is 898. The van der Waals surface area contributed by atoms with E-state index in [1.165, 1.54) is 0 Å². The fraction of sp³-hybridized carbons (Fsp3) is 0.435. The molecule has 2 N–H and O–H groups in total. The van der Waals surface area contributed by atoms with Crippen molar-refractivity contribution in [3.05, 3.63) is 48.2 Å². The van der Waals surface area contributed by atoms with Gasteiger partial charge >= 0.3 is 0 Å². The number of amides is 2. The number of likely N-dealkylation sites (tertiary alicyclic amines) is 1. The van der Waals surface area contributed by atoms with E-state index in [1.54, 1.807) is 12.1 Å². The summed E-state index contributed by atoms with van der Waals surface area (Å²) in [6.45, 7) is 5.12. The van der Waals surface area contributed by atoms with Gasteiger partial charge in [0.25, 0.3) is 0 Å². The lowest BCUT2D eigenvalue weighted by atomic mass is 9.95. The molecule has 2 aliphatic heterocycles. The predicted molar refractivity (Wildman–Crippen MR) is 117 cm³/mol. The standard InChI is InChI=1S/C23H29N5O2/c1-26-10-8-17(9-11-26)23(30)28-14-12-27(13-15-28)18-6-7-21(25-16-18)19-4-2-3-5-20(19)22(24)29/h2-7,16-17H,8-15H2,1H3,(H2,24,29). The van der Waals surface area contributed by atoms with Gasteiger partial charge in [0.2, 0.25) is 11.8 Å². The lowest BCUT2D eigenvalue weighted by molar-refractivity contribution is -0.137. The molecule has 0 unspecified atom stereocenters. The van der Waals surface area contributed by atoms with E-state index < -0.39 is 5.91 Å². The number of piperazine rings is 1. The maximum absolute atomic E-state index is 12.8. The lowest BCUT2D eigenvalue weighted by Crippen LogP contribution is -2.51. The average molecular weight is 408 g/mol. The van der Waals surface area contributed by atoms with E-state index in [0.29, 0.717) is 11.5 Å². The number of pyridine rings is 1. The topological polar surface area (TPSA) is 82.8 Å². The number of benzene rings is 1. The second-order valence-electron chi connectivity index (χ2n) is 8.20. The zero-order valence-electron chi connectivity index (χ0n) is 17.5. The molecule has 7 nitrogen and oxygen atoms in total. The molecule has 4 rings (SSSR count). The minimum Gasteiger partial charge on any atom is -0.367 e. The molecule has 0 atom stereocenters. The van der Waals surface area contributed by atoms with Crippen LogP contribution in [0.25, 0.3) is 11.3 Å². The normalized spacial score (nSPS) is 18.4. The van der Waals surface area contributed by atoms with Crippen molar-refractivity contribution in [2.24, 2.45) is 11.7 Å². The van der Waals surface area contributed by atoms with E-state index in [9.17, 15) is 9.59 Å². The Hall–Kier alpha value is -2.93. The fourth-order valence-corrected chi connectivity index (χ4v) is 4.35. The smallest absolute Gasteiger partial charge is 0.249 e. The van der Waals surface area contributed by atoms with Crippen LogP contribution in [0.4, 0.5) is 5.69 Å². The summed E-state index contributed by atoms with van der Waals surface area (Å²) < 4.78 is 0. The maximum atomic E-state index is 12.8. The molecule has 0 bridgehead atoms. The first-order chi connectivity index (χ1) is 14.5. The third-order valence-electron chi connectivity index (χ3n) is 6.24. The fourth-order valence-electron chi connectivity index (χ4n) is 4.35. The first-order valence-electron chi connectivity index (χ1n) is 10.6. The van der Waals surface area contributed by atoms with Crippen molar-refractivity contribution in [2.45, 2.75) is 12.8 Å². The van der Waals surface area contributed by atoms with Gasteiger partial charge in [-0.3, -0.25) is 14.6 Å². The molecule has 2 aliphatic rings. The lowest BCUT2D eigenvalue weighted by Gasteiger charge is -2.38. The molecule has 0 saturated carbocycles. The quantitative estimate of drug-likeness (QED) is 0.836. The minimum atomic E-state index is -0.457. The van der Waals surface area contributed by atoms with Gasteiger partial charge in [-0.15, -0.1) is 0 Å². The highest BCUT2D eigenvalue weighted by molar-refractivity contribution is 5.99. The zero-order chi connectivity index (χ0) is 21.1. The van der Waals surface area contributed by atoms with Crippen LogP contribution in [0, 0.1) is 5.92 Å². The van der Waals surface area contributed by atoms with Crippen molar-refractivity contribution < 1.29 is 9.59 Å². The molecule has 158 valence electrons. The van der Waals surface area contributed by atoms with Gasteiger partial charge in [-0.1, -0.05) is 18.2 Å². The van der Waals surface area contributed by atoms with Crippen LogP contribution in [0.5, 0.6) is 0 Å². The average Bonchev–Trinajstić information content (AvgIpc) is 2.79. The van der Waals surface area contributed by atoms with E-state index >= 15 is 0 Å². The van der Waals surface area contributed by atoms with Gasteiger partial charge in [-0.25, -0.2) is 0 Å². The van der Waals surface area contributed by atoms with Gasteiger partial charge in [0.05, 0.1) is 17.6 Å². The van der Waals surface area contributed by atoms with Crippen LogP contribution in [0.2, 0.25) is 0 Å². The maximum Gasteiger partial charge on any atom is 0.249 e. The number of carbonyl (C=O) groups is 2. The summed E-state index contributed by atoms with van der Waals surface area (Å²) in [5.41, 5.74) is 8.45. The Morgan fingerprint density at radius 2 is 1.67 bits per heavy atom. The molecule has 7 heteroatoms. The number of carbonyl (C=O) groups excluding carboxylic acids is 2. The zero-order valence-corrected chi connectivity index (χ0v) is 17.5. The molecule has 2 fully saturated rings. The van der Waals surface area contributed by atoms with E-state index in [4.69, 9.17) is 5.73 Å². The van der Waals surface area contributed by atoms with Crippen LogP contribution in [0.1, 0.15) is 23.2 Å². The van der Waals surface area contributed by atoms with Crippen LogP contribution < -0.4 is 10.6 Å². The van der Waals surface area contributed by atoms with Gasteiger partial charge in [0.15, 0.2) is 0 Å². The van der Waals surface area contributed by atoms with Gasteiger partial charge in [-0.2, -0.15) is 0 Å². The highest BCUT2D eigenvalue weighted by Gasteiger charge is 2.29. The number of piperidine rings is 1. The van der Waals surface area contributed by atoms with Gasteiger partial charge in [-0.05, 0) is 51.2 Å². The number of rotatable bonds is 4. The van der Waals surface area contributed by atoms with Gasteiger partial charge in [0.1, 0.15) is 0 Å². The van der Waals surface area contributed by atoms with Crippen molar-refractivity contribution in [1.82, 2.24) is 14.8 Å². The molecule has 0 aliphatic carbocycles. The summed E-state index contributed by atoms with van der Waals surface area (Å²) in [4.78, 5) is 35.7. The summed E-state index contributed by atoms with van der Waals surface area (Å²) in [6, 6.07) is 11.2. The molecule has 3 heterocycles. The third-order valence-corrected chi connectivity index (χ3v) is 6.24. The second-order valence-corrected chi connectivity index (χ2v) is 8.20. The Kier molecular flexibility index (Phi) is 5.99. The molecule has 0 radical (unpaired) electrons. The van der Waals surface area contributed by atoms with Crippen LogP contribution in [0.3, 0.4) is 0 Å². The highest BCUT2D eigenvalue weighted by Crippen LogP contribution is 2.25. The van der Waals surface area contributed by atoms with Crippen molar-refractivity contribution in [3.8, 4) is 11.3 Å². The first kappa shape index (κ1) is 20.3. The monoisotopic (exact) mass is 407 g/mol. The Balaban J connectivity index is 1.38. The summed E-state index contributed by atoms with van der Waals surface area (Å²) in [5, 5.41) is 0. The van der Waals surface area contributed by atoms with E-state index in [0.717, 1.165) is 69.1 Å². The summed E-state index contributed by atoms with van der Waals surface area (Å²) in [6.07, 6.45) is 3.77. The number of anilines is 1. The van der Waals surface area contributed by atoms with Crippen molar-refractivity contribution in [3.63, 3.8) is 0 Å². The number of primary amides is 1. The summed E-state index contributed by atoms with van der Waals surface area (Å²) in [7, 11) is 2.12. The van der Waals surface area contributed by atoms with Crippen molar-refractivity contribution >= 4 is 17.5 Å². The van der Waals surface area contributed by atoms with E-state index in [1.807, 2.05) is 35.4 Å². The van der Waals surface area contributed by atoms with Gasteiger partial charge in [0, 0.05) is 43.2 Å². The number of nitrogens with two attached hydrogens (primary N) is 1. The Morgan fingerprint density at radius 1 is 0.967 bits per heavy atom. The van der Waals surface area contributed by atoms with Crippen LogP contribution >= 0.6 is 0 Å². The number of hydrogen-bond acceptors (Lipinski definition) is 5. The number of hydrogen-bond donors (Lipinski definition) is 1. The van der Waals surface area contributed by atoms with Crippen molar-refractivity contribution in [1.29, 1.82) is 0 Å². The molecule has 0 spiro atoms. The van der Waals surface area contributed by atoms with E-state index in [2.05, 4.69) is 21.8 Å². The molecule has 2 saturated heterocycles. The SMILES string of the molecule is CN1CCC(C(=O)N2CCN(c3ccc(-c4ccccc4C(N)=O)nc3)CC2)CC1.